The van der Waals surface area contributed by atoms with Gasteiger partial charge in [-0.3, -0.25) is 14.3 Å². The minimum Gasteiger partial charge on any atom is -0.325 e. The zero-order chi connectivity index (χ0) is 22.7. The first-order valence-corrected chi connectivity index (χ1v) is 11.4. The van der Waals surface area contributed by atoms with Crippen molar-refractivity contribution in [3.05, 3.63) is 82.6 Å². The smallest absolute Gasteiger partial charge is 0.234 e. The second-order valence-electron chi connectivity index (χ2n) is 7.44. The summed E-state index contributed by atoms with van der Waals surface area (Å²) in [4.78, 5) is 16.7. The fourth-order valence-corrected chi connectivity index (χ4v) is 4.21. The van der Waals surface area contributed by atoms with Gasteiger partial charge in [-0.15, -0.1) is 10.2 Å². The molecule has 0 spiro atoms. The van der Waals surface area contributed by atoms with Crippen molar-refractivity contribution in [1.82, 2.24) is 19.7 Å². The monoisotopic (exact) mass is 463 g/mol. The molecule has 1 N–H and O–H groups in total. The van der Waals surface area contributed by atoms with Crippen molar-refractivity contribution >= 4 is 35.0 Å². The largest absolute Gasteiger partial charge is 0.325 e. The van der Waals surface area contributed by atoms with Gasteiger partial charge in [0, 0.05) is 28.7 Å². The molecule has 0 saturated carbocycles. The number of carbonyl (C=O) groups excluding carboxylic acids is 1. The number of hydrogen-bond acceptors (Lipinski definition) is 5. The zero-order valence-corrected chi connectivity index (χ0v) is 19.5. The number of anilines is 1. The van der Waals surface area contributed by atoms with Gasteiger partial charge >= 0.3 is 0 Å². The maximum Gasteiger partial charge on any atom is 0.234 e. The van der Waals surface area contributed by atoms with Gasteiger partial charge in [0.15, 0.2) is 11.0 Å². The number of nitrogens with one attached hydrogen (secondary N) is 1. The summed E-state index contributed by atoms with van der Waals surface area (Å²) in [6.07, 6.45) is 3.45. The van der Waals surface area contributed by atoms with E-state index in [-0.39, 0.29) is 11.7 Å². The van der Waals surface area contributed by atoms with Gasteiger partial charge in [0.05, 0.1) is 11.4 Å². The highest BCUT2D eigenvalue weighted by molar-refractivity contribution is 7.99. The molecule has 0 radical (unpaired) electrons. The van der Waals surface area contributed by atoms with E-state index < -0.39 is 0 Å². The molecule has 8 heteroatoms. The van der Waals surface area contributed by atoms with Crippen molar-refractivity contribution in [1.29, 1.82) is 0 Å². The van der Waals surface area contributed by atoms with Gasteiger partial charge in [-0.1, -0.05) is 29.4 Å². The first-order chi connectivity index (χ1) is 15.4. The first kappa shape index (κ1) is 22.0. The Balaban J connectivity index is 1.61. The van der Waals surface area contributed by atoms with Crippen LogP contribution in [-0.4, -0.2) is 31.4 Å². The molecule has 2 aromatic carbocycles. The average molecular weight is 464 g/mol. The normalized spacial score (nSPS) is 10.9. The topological polar surface area (TPSA) is 72.7 Å². The Labute approximate surface area is 196 Å². The molecular weight excluding hydrogens is 442 g/mol. The van der Waals surface area contributed by atoms with Crippen LogP contribution in [0.25, 0.3) is 17.1 Å². The van der Waals surface area contributed by atoms with Gasteiger partial charge in [-0.2, -0.15) is 0 Å². The number of benzene rings is 2. The molecule has 0 saturated heterocycles. The van der Waals surface area contributed by atoms with Crippen molar-refractivity contribution < 1.29 is 4.79 Å². The lowest BCUT2D eigenvalue weighted by molar-refractivity contribution is -0.113. The molecule has 4 aromatic rings. The fraction of sp³-hybridized carbons (Fsp3) is 0.167. The van der Waals surface area contributed by atoms with Crippen molar-refractivity contribution in [2.75, 3.05) is 11.1 Å². The number of rotatable bonds is 6. The molecule has 2 aromatic heterocycles. The Morgan fingerprint density at radius 2 is 1.75 bits per heavy atom. The van der Waals surface area contributed by atoms with Crippen LogP contribution in [0.2, 0.25) is 5.02 Å². The van der Waals surface area contributed by atoms with Crippen LogP contribution in [0.4, 0.5) is 5.69 Å². The summed E-state index contributed by atoms with van der Waals surface area (Å²) in [6, 6.07) is 15.4. The molecule has 6 nitrogen and oxygen atoms in total. The zero-order valence-electron chi connectivity index (χ0n) is 18.0. The highest BCUT2D eigenvalue weighted by Crippen LogP contribution is 2.29. The first-order valence-electron chi connectivity index (χ1n) is 10.0. The lowest BCUT2D eigenvalue weighted by atomic mass is 10.1. The quantitative estimate of drug-likeness (QED) is 0.374. The van der Waals surface area contributed by atoms with E-state index in [1.807, 2.05) is 35.8 Å². The summed E-state index contributed by atoms with van der Waals surface area (Å²) in [6.45, 7) is 6.06. The summed E-state index contributed by atoms with van der Waals surface area (Å²) < 4.78 is 1.98. The average Bonchev–Trinajstić information content (AvgIpc) is 3.21. The number of aryl methyl sites for hydroxylation is 3. The Morgan fingerprint density at radius 1 is 0.969 bits per heavy atom. The van der Waals surface area contributed by atoms with Gasteiger partial charge in [0.1, 0.15) is 0 Å². The minimum atomic E-state index is -0.125. The van der Waals surface area contributed by atoms with E-state index in [0.29, 0.717) is 16.0 Å². The molecule has 32 heavy (non-hydrogen) atoms. The molecule has 0 aliphatic rings. The van der Waals surface area contributed by atoms with Crippen LogP contribution < -0.4 is 5.32 Å². The van der Waals surface area contributed by atoms with Crippen LogP contribution in [0.15, 0.2) is 66.1 Å². The van der Waals surface area contributed by atoms with E-state index >= 15 is 0 Å². The van der Waals surface area contributed by atoms with Crippen LogP contribution in [0, 0.1) is 20.8 Å². The lowest BCUT2D eigenvalue weighted by Gasteiger charge is -2.12. The predicted molar refractivity (Wildman–Crippen MR) is 130 cm³/mol. The van der Waals surface area contributed by atoms with Crippen LogP contribution >= 0.6 is 23.4 Å². The molecule has 0 fully saturated rings. The second kappa shape index (κ2) is 9.54. The molecule has 4 rings (SSSR count). The lowest BCUT2D eigenvalue weighted by Crippen LogP contribution is -2.15. The van der Waals surface area contributed by atoms with Gasteiger partial charge < -0.3 is 5.32 Å². The van der Waals surface area contributed by atoms with Crippen LogP contribution in [0.3, 0.4) is 0 Å². The molecule has 0 aliphatic carbocycles. The fourth-order valence-electron chi connectivity index (χ4n) is 3.23. The SMILES string of the molecule is Cc1ccc(-n2c(SCC(=O)Nc3ccc(Cl)cc3C)nnc2-c2ccncc2)cc1C. The molecule has 0 aliphatic heterocycles. The number of carbonyl (C=O) groups is 1. The molecule has 0 unspecified atom stereocenters. The Bertz CT molecular complexity index is 1270. The van der Waals surface area contributed by atoms with Gasteiger partial charge in [-0.25, -0.2) is 0 Å². The number of aromatic nitrogens is 4. The van der Waals surface area contributed by atoms with E-state index in [0.717, 1.165) is 22.5 Å². The van der Waals surface area contributed by atoms with Crippen molar-refractivity contribution in [2.45, 2.75) is 25.9 Å². The van der Waals surface area contributed by atoms with E-state index in [1.54, 1.807) is 24.5 Å². The van der Waals surface area contributed by atoms with Gasteiger partial charge in [-0.05, 0) is 79.9 Å². The second-order valence-corrected chi connectivity index (χ2v) is 8.82. The minimum absolute atomic E-state index is 0.125. The molecular formula is C24H22ClN5OS. The van der Waals surface area contributed by atoms with E-state index in [1.165, 1.54) is 22.9 Å². The Kier molecular flexibility index (Phi) is 6.58. The van der Waals surface area contributed by atoms with Crippen molar-refractivity contribution in [3.63, 3.8) is 0 Å². The molecule has 0 atom stereocenters. The van der Waals surface area contributed by atoms with Crippen LogP contribution in [0.1, 0.15) is 16.7 Å². The van der Waals surface area contributed by atoms with Crippen molar-refractivity contribution in [2.24, 2.45) is 0 Å². The third kappa shape index (κ3) is 4.84. The number of thioether (sulfide) groups is 1. The Morgan fingerprint density at radius 3 is 2.47 bits per heavy atom. The highest BCUT2D eigenvalue weighted by Gasteiger charge is 2.18. The Hall–Kier alpha value is -3.16. The van der Waals surface area contributed by atoms with Crippen LogP contribution in [0.5, 0.6) is 0 Å². The molecule has 0 bridgehead atoms. The highest BCUT2D eigenvalue weighted by atomic mass is 35.5. The van der Waals surface area contributed by atoms with Crippen molar-refractivity contribution in [3.8, 4) is 17.1 Å². The van der Waals surface area contributed by atoms with Crippen LogP contribution in [-0.2, 0) is 4.79 Å². The number of halogens is 1. The maximum absolute atomic E-state index is 12.6. The van der Waals surface area contributed by atoms with E-state index in [2.05, 4.69) is 46.5 Å². The molecule has 2 heterocycles. The third-order valence-electron chi connectivity index (χ3n) is 5.12. The van der Waals surface area contributed by atoms with E-state index in [9.17, 15) is 4.79 Å². The maximum atomic E-state index is 12.6. The number of pyridine rings is 1. The van der Waals surface area contributed by atoms with E-state index in [4.69, 9.17) is 11.6 Å². The standard InChI is InChI=1S/C24H22ClN5OS/c1-15-4-6-20(13-16(15)2)30-23(18-8-10-26-11-9-18)28-29-24(30)32-14-22(31)27-21-7-5-19(25)12-17(21)3/h4-13H,14H2,1-3H3,(H,27,31). The number of amides is 1. The summed E-state index contributed by atoms with van der Waals surface area (Å²) >= 11 is 7.34. The number of hydrogen-bond donors (Lipinski definition) is 1. The van der Waals surface area contributed by atoms with Gasteiger partial charge in [0.25, 0.3) is 0 Å². The molecule has 162 valence electrons. The van der Waals surface area contributed by atoms with Gasteiger partial charge in [0.2, 0.25) is 5.91 Å². The summed E-state index contributed by atoms with van der Waals surface area (Å²) in [5.41, 5.74) is 5.88. The molecule has 1 amide bonds. The summed E-state index contributed by atoms with van der Waals surface area (Å²) in [5.74, 6) is 0.772. The number of nitrogens with zero attached hydrogens (tertiary/aromatic N) is 4. The summed E-state index contributed by atoms with van der Waals surface area (Å²) in [5, 5.41) is 13.0. The third-order valence-corrected chi connectivity index (χ3v) is 6.28. The summed E-state index contributed by atoms with van der Waals surface area (Å²) in [7, 11) is 0. The predicted octanol–water partition coefficient (Wildman–Crippen LogP) is 5.64.